The maximum atomic E-state index is 4.30. The minimum Gasteiger partial charge on any atom is -0.253 e. The summed E-state index contributed by atoms with van der Waals surface area (Å²) in [4.78, 5) is 17.1. The lowest BCUT2D eigenvalue weighted by atomic mass is 10.1. The van der Waals surface area contributed by atoms with Crippen LogP contribution in [0.5, 0.6) is 0 Å². The largest absolute Gasteiger partial charge is 0.253 e. The second-order valence-electron chi connectivity index (χ2n) is 3.35. The van der Waals surface area contributed by atoms with Gasteiger partial charge in [-0.05, 0) is 13.0 Å². The first-order valence-electron chi connectivity index (χ1n) is 4.67. The Morgan fingerprint density at radius 3 is 1.73 bits per heavy atom. The first-order chi connectivity index (χ1) is 7.36. The van der Waals surface area contributed by atoms with Crippen molar-refractivity contribution in [3.63, 3.8) is 0 Å². The Labute approximate surface area is 86.0 Å². The van der Waals surface area contributed by atoms with E-state index in [2.05, 4.69) is 19.9 Å². The Kier molecular flexibility index (Phi) is 1.62. The number of benzene rings is 1. The molecule has 0 fully saturated rings. The zero-order chi connectivity index (χ0) is 10.3. The van der Waals surface area contributed by atoms with Crippen molar-refractivity contribution in [2.24, 2.45) is 0 Å². The van der Waals surface area contributed by atoms with Crippen LogP contribution in [0.15, 0.2) is 30.9 Å². The van der Waals surface area contributed by atoms with Crippen molar-refractivity contribution >= 4 is 22.1 Å². The predicted molar refractivity (Wildman–Crippen MR) is 57.4 cm³/mol. The fourth-order valence-electron chi connectivity index (χ4n) is 1.73. The van der Waals surface area contributed by atoms with E-state index in [-0.39, 0.29) is 0 Å². The second-order valence-corrected chi connectivity index (χ2v) is 3.35. The molecular formula is C11H8N4. The fraction of sp³-hybridized carbons (Fsp3) is 0.0909. The fourth-order valence-corrected chi connectivity index (χ4v) is 1.73. The van der Waals surface area contributed by atoms with E-state index in [1.54, 1.807) is 24.8 Å². The molecule has 0 aliphatic heterocycles. The molecule has 3 aromatic rings. The summed E-state index contributed by atoms with van der Waals surface area (Å²) in [5.41, 5.74) is 4.55. The average Bonchev–Trinajstić information content (AvgIpc) is 2.30. The van der Waals surface area contributed by atoms with Crippen LogP contribution < -0.4 is 0 Å². The molecule has 72 valence electrons. The van der Waals surface area contributed by atoms with Gasteiger partial charge in [0.15, 0.2) is 0 Å². The minimum absolute atomic E-state index is 0.864. The third-order valence-electron chi connectivity index (χ3n) is 2.44. The number of rotatable bonds is 0. The second kappa shape index (κ2) is 2.95. The van der Waals surface area contributed by atoms with E-state index in [9.17, 15) is 0 Å². The van der Waals surface area contributed by atoms with Gasteiger partial charge in [0.1, 0.15) is 0 Å². The molecule has 15 heavy (non-hydrogen) atoms. The lowest BCUT2D eigenvalue weighted by Crippen LogP contribution is -1.91. The van der Waals surface area contributed by atoms with Gasteiger partial charge in [-0.2, -0.15) is 0 Å². The summed E-state index contributed by atoms with van der Waals surface area (Å²) in [7, 11) is 0. The third kappa shape index (κ3) is 1.15. The van der Waals surface area contributed by atoms with Crippen molar-refractivity contribution in [3.05, 3.63) is 36.4 Å². The number of fused-ring (bicyclic) bond motifs is 2. The molecule has 0 aliphatic rings. The summed E-state index contributed by atoms with van der Waals surface area (Å²) in [6, 6.07) is 1.91. The maximum absolute atomic E-state index is 4.30. The van der Waals surface area contributed by atoms with Crippen molar-refractivity contribution in [1.82, 2.24) is 19.9 Å². The van der Waals surface area contributed by atoms with Gasteiger partial charge in [-0.15, -0.1) is 0 Å². The molecule has 0 unspecified atom stereocenters. The first kappa shape index (κ1) is 8.23. The van der Waals surface area contributed by atoms with Crippen molar-refractivity contribution in [2.45, 2.75) is 6.92 Å². The summed E-state index contributed by atoms with van der Waals surface area (Å²) in [5.74, 6) is 0. The van der Waals surface area contributed by atoms with Crippen LogP contribution >= 0.6 is 0 Å². The minimum atomic E-state index is 0.864. The SMILES string of the molecule is Cc1c2nccnc2cc2nccnc12. The van der Waals surface area contributed by atoms with Crippen LogP contribution in [0, 0.1) is 6.92 Å². The Bertz CT molecular complexity index is 594. The van der Waals surface area contributed by atoms with Gasteiger partial charge in [0.2, 0.25) is 0 Å². The van der Waals surface area contributed by atoms with Crippen LogP contribution in [-0.4, -0.2) is 19.9 Å². The van der Waals surface area contributed by atoms with Crippen LogP contribution in [0.3, 0.4) is 0 Å². The van der Waals surface area contributed by atoms with E-state index in [4.69, 9.17) is 0 Å². The quantitative estimate of drug-likeness (QED) is 0.515. The van der Waals surface area contributed by atoms with Gasteiger partial charge in [-0.25, -0.2) is 0 Å². The van der Waals surface area contributed by atoms with Gasteiger partial charge in [-0.1, -0.05) is 0 Å². The van der Waals surface area contributed by atoms with Gasteiger partial charge >= 0.3 is 0 Å². The molecular weight excluding hydrogens is 188 g/mol. The van der Waals surface area contributed by atoms with Gasteiger partial charge in [0.25, 0.3) is 0 Å². The van der Waals surface area contributed by atoms with E-state index in [0.29, 0.717) is 0 Å². The Hall–Kier alpha value is -2.10. The Morgan fingerprint density at radius 2 is 1.20 bits per heavy atom. The number of aryl methyl sites for hydroxylation is 1. The van der Waals surface area contributed by atoms with Crippen LogP contribution in [0.4, 0.5) is 0 Å². The molecule has 1 aromatic carbocycles. The van der Waals surface area contributed by atoms with Crippen molar-refractivity contribution in [1.29, 1.82) is 0 Å². The van der Waals surface area contributed by atoms with Crippen molar-refractivity contribution < 1.29 is 0 Å². The van der Waals surface area contributed by atoms with E-state index in [0.717, 1.165) is 27.6 Å². The monoisotopic (exact) mass is 196 g/mol. The molecule has 0 saturated heterocycles. The Morgan fingerprint density at radius 1 is 0.733 bits per heavy atom. The molecule has 0 spiro atoms. The molecule has 0 saturated carbocycles. The molecule has 2 heterocycles. The van der Waals surface area contributed by atoms with E-state index in [1.165, 1.54) is 0 Å². The highest BCUT2D eigenvalue weighted by atomic mass is 14.8. The van der Waals surface area contributed by atoms with E-state index < -0.39 is 0 Å². The van der Waals surface area contributed by atoms with Crippen LogP contribution in [0.2, 0.25) is 0 Å². The molecule has 4 nitrogen and oxygen atoms in total. The molecule has 0 amide bonds. The van der Waals surface area contributed by atoms with Gasteiger partial charge < -0.3 is 0 Å². The molecule has 0 bridgehead atoms. The van der Waals surface area contributed by atoms with Crippen molar-refractivity contribution in [3.8, 4) is 0 Å². The zero-order valence-electron chi connectivity index (χ0n) is 8.18. The summed E-state index contributed by atoms with van der Waals surface area (Å²) >= 11 is 0. The standard InChI is InChI=1S/C11H8N4/c1-7-10-8(12-2-4-14-10)6-9-11(7)15-5-3-13-9/h2-6H,1H3. The highest BCUT2D eigenvalue weighted by molar-refractivity contribution is 5.94. The topological polar surface area (TPSA) is 51.6 Å². The molecule has 0 aliphatic carbocycles. The number of hydrogen-bond acceptors (Lipinski definition) is 4. The molecule has 4 heteroatoms. The zero-order valence-corrected chi connectivity index (χ0v) is 8.18. The summed E-state index contributed by atoms with van der Waals surface area (Å²) in [5, 5.41) is 0. The number of nitrogens with zero attached hydrogens (tertiary/aromatic N) is 4. The van der Waals surface area contributed by atoms with Crippen LogP contribution in [0.1, 0.15) is 5.56 Å². The average molecular weight is 196 g/mol. The third-order valence-corrected chi connectivity index (χ3v) is 2.44. The molecule has 0 N–H and O–H groups in total. The van der Waals surface area contributed by atoms with Crippen LogP contribution in [0.25, 0.3) is 22.1 Å². The number of aromatic nitrogens is 4. The summed E-state index contributed by atoms with van der Waals surface area (Å²) in [6.45, 7) is 1.99. The maximum Gasteiger partial charge on any atom is 0.0939 e. The molecule has 2 aromatic heterocycles. The molecule has 0 radical (unpaired) electrons. The van der Waals surface area contributed by atoms with Gasteiger partial charge in [-0.3, -0.25) is 19.9 Å². The number of hydrogen-bond donors (Lipinski definition) is 0. The molecule has 3 rings (SSSR count). The molecule has 0 atom stereocenters. The summed E-state index contributed by atoms with van der Waals surface area (Å²) < 4.78 is 0. The lowest BCUT2D eigenvalue weighted by molar-refractivity contribution is 1.24. The first-order valence-corrected chi connectivity index (χ1v) is 4.67. The van der Waals surface area contributed by atoms with Crippen molar-refractivity contribution in [2.75, 3.05) is 0 Å². The van der Waals surface area contributed by atoms with Crippen LogP contribution in [-0.2, 0) is 0 Å². The highest BCUT2D eigenvalue weighted by Gasteiger charge is 2.06. The van der Waals surface area contributed by atoms with E-state index in [1.807, 2.05) is 13.0 Å². The normalized spacial score (nSPS) is 11.0. The highest BCUT2D eigenvalue weighted by Crippen LogP contribution is 2.21. The Balaban J connectivity index is 2.60. The smallest absolute Gasteiger partial charge is 0.0939 e. The predicted octanol–water partition coefficient (Wildman–Crippen LogP) is 1.88. The lowest BCUT2D eigenvalue weighted by Gasteiger charge is -2.03. The van der Waals surface area contributed by atoms with Gasteiger partial charge in [0, 0.05) is 30.4 Å². The summed E-state index contributed by atoms with van der Waals surface area (Å²) in [6.07, 6.45) is 6.75. The van der Waals surface area contributed by atoms with Gasteiger partial charge in [0.05, 0.1) is 22.1 Å². The van der Waals surface area contributed by atoms with E-state index >= 15 is 0 Å².